The van der Waals surface area contributed by atoms with Crippen LogP contribution in [0.3, 0.4) is 0 Å². The van der Waals surface area contributed by atoms with E-state index < -0.39 is 6.04 Å². The third-order valence-corrected chi connectivity index (χ3v) is 4.68. The normalized spacial score (nSPS) is 20.2. The molecule has 1 aromatic carbocycles. The van der Waals surface area contributed by atoms with Gasteiger partial charge in [0.2, 0.25) is 11.8 Å². The van der Waals surface area contributed by atoms with Gasteiger partial charge in [0.15, 0.2) is 0 Å². The Morgan fingerprint density at radius 2 is 2.00 bits per heavy atom. The highest BCUT2D eigenvalue weighted by Gasteiger charge is 2.38. The predicted octanol–water partition coefficient (Wildman–Crippen LogP) is 3.37. The van der Waals surface area contributed by atoms with Crippen LogP contribution in [0.2, 0.25) is 5.02 Å². The van der Waals surface area contributed by atoms with E-state index in [2.05, 4.69) is 21.2 Å². The maximum Gasteiger partial charge on any atom is 0.250 e. The van der Waals surface area contributed by atoms with Crippen LogP contribution in [-0.2, 0) is 9.59 Å². The predicted molar refractivity (Wildman–Crippen MR) is 87.5 cm³/mol. The molecule has 21 heavy (non-hydrogen) atoms. The fourth-order valence-corrected chi connectivity index (χ4v) is 2.75. The van der Waals surface area contributed by atoms with Gasteiger partial charge in [-0.25, -0.2) is 0 Å². The van der Waals surface area contributed by atoms with Crippen LogP contribution in [0.4, 0.5) is 5.69 Å². The molecule has 6 heteroatoms. The van der Waals surface area contributed by atoms with Crippen molar-refractivity contribution in [3.8, 4) is 0 Å². The molecule has 2 amide bonds. The lowest BCUT2D eigenvalue weighted by Gasteiger charge is -2.32. The molecule has 114 valence electrons. The summed E-state index contributed by atoms with van der Waals surface area (Å²) in [4.78, 5) is 26.3. The topological polar surface area (TPSA) is 49.4 Å². The van der Waals surface area contributed by atoms with Crippen molar-refractivity contribution in [1.29, 1.82) is 0 Å². The smallest absolute Gasteiger partial charge is 0.250 e. The highest BCUT2D eigenvalue weighted by Crippen LogP contribution is 2.30. The van der Waals surface area contributed by atoms with E-state index in [1.807, 2.05) is 20.8 Å². The average Bonchev–Trinajstić information content (AvgIpc) is 2.52. The van der Waals surface area contributed by atoms with Gasteiger partial charge in [-0.3, -0.25) is 9.59 Å². The van der Waals surface area contributed by atoms with Gasteiger partial charge in [0.25, 0.3) is 0 Å². The Balaban J connectivity index is 2.39. The van der Waals surface area contributed by atoms with Crippen LogP contribution in [0, 0.1) is 5.41 Å². The number of benzene rings is 1. The Morgan fingerprint density at radius 3 is 2.57 bits per heavy atom. The summed E-state index contributed by atoms with van der Waals surface area (Å²) in [5.41, 5.74) is 0.390. The van der Waals surface area contributed by atoms with Gasteiger partial charge in [0.1, 0.15) is 6.04 Å². The van der Waals surface area contributed by atoms with Crippen molar-refractivity contribution in [3.05, 3.63) is 27.7 Å². The molecule has 1 aromatic rings. The number of nitrogens with one attached hydrogen (secondary N) is 1. The maximum absolute atomic E-state index is 12.8. The number of hydrogen-bond acceptors (Lipinski definition) is 2. The van der Waals surface area contributed by atoms with Gasteiger partial charge >= 0.3 is 0 Å². The molecule has 1 atom stereocenters. The zero-order chi connectivity index (χ0) is 15.8. The van der Waals surface area contributed by atoms with Crippen LogP contribution in [0.1, 0.15) is 27.2 Å². The lowest BCUT2D eigenvalue weighted by atomic mass is 9.86. The summed E-state index contributed by atoms with van der Waals surface area (Å²) in [6, 6.07) is 4.79. The fourth-order valence-electron chi connectivity index (χ4n) is 2.27. The Kier molecular flexibility index (Phi) is 4.63. The third-order valence-electron chi connectivity index (χ3n) is 3.46. The van der Waals surface area contributed by atoms with Gasteiger partial charge in [-0.05, 0) is 39.5 Å². The first kappa shape index (κ1) is 16.3. The molecule has 1 heterocycles. The van der Waals surface area contributed by atoms with E-state index in [4.69, 9.17) is 11.6 Å². The molecular formula is C15H18BrClN2O2. The largest absolute Gasteiger partial charge is 0.344 e. The summed E-state index contributed by atoms with van der Waals surface area (Å²) in [6.45, 7) is 6.19. The van der Waals surface area contributed by atoms with Crippen LogP contribution in [0.25, 0.3) is 0 Å². The molecule has 0 spiro atoms. The van der Waals surface area contributed by atoms with Gasteiger partial charge in [-0.2, -0.15) is 0 Å². The zero-order valence-corrected chi connectivity index (χ0v) is 14.6. The number of nitrogens with zero attached hydrogens (tertiary/aromatic N) is 1. The second kappa shape index (κ2) is 5.97. The van der Waals surface area contributed by atoms with Crippen molar-refractivity contribution in [1.82, 2.24) is 5.32 Å². The number of anilines is 1. The summed E-state index contributed by atoms with van der Waals surface area (Å²) in [6.07, 6.45) is 0.290. The Bertz CT molecular complexity index is 584. The molecule has 1 saturated heterocycles. The quantitative estimate of drug-likeness (QED) is 0.820. The number of rotatable bonds is 1. The Morgan fingerprint density at radius 1 is 1.33 bits per heavy atom. The molecule has 1 N–H and O–H groups in total. The average molecular weight is 374 g/mol. The molecule has 1 aliphatic rings. The van der Waals surface area contributed by atoms with Gasteiger partial charge < -0.3 is 10.2 Å². The van der Waals surface area contributed by atoms with E-state index in [0.29, 0.717) is 18.0 Å². The second-order valence-corrected chi connectivity index (χ2v) is 7.47. The number of carbonyl (C=O) groups is 2. The highest BCUT2D eigenvalue weighted by molar-refractivity contribution is 9.10. The number of amides is 2. The highest BCUT2D eigenvalue weighted by atomic mass is 79.9. The molecule has 1 fully saturated rings. The van der Waals surface area contributed by atoms with E-state index in [1.54, 1.807) is 23.1 Å². The minimum Gasteiger partial charge on any atom is -0.344 e. The lowest BCUT2D eigenvalue weighted by molar-refractivity contribution is -0.127. The zero-order valence-electron chi connectivity index (χ0n) is 12.2. The molecule has 1 aliphatic heterocycles. The molecule has 1 unspecified atom stereocenters. The van der Waals surface area contributed by atoms with E-state index in [1.165, 1.54) is 0 Å². The summed E-state index contributed by atoms with van der Waals surface area (Å²) in [5, 5.41) is 3.41. The first-order chi connectivity index (χ1) is 9.70. The van der Waals surface area contributed by atoms with Gasteiger partial charge in [-0.15, -0.1) is 0 Å². The molecule has 2 rings (SSSR count). The monoisotopic (exact) mass is 372 g/mol. The number of halogens is 2. The Labute approximate surface area is 138 Å². The van der Waals surface area contributed by atoms with Crippen molar-refractivity contribution in [3.63, 3.8) is 0 Å². The summed E-state index contributed by atoms with van der Waals surface area (Å²) in [7, 11) is 0. The van der Waals surface area contributed by atoms with Crippen LogP contribution in [0.5, 0.6) is 0 Å². The summed E-state index contributed by atoms with van der Waals surface area (Å²) in [5.74, 6) is -0.193. The van der Waals surface area contributed by atoms with Crippen molar-refractivity contribution in [2.75, 3.05) is 11.4 Å². The molecule has 4 nitrogen and oxygen atoms in total. The summed E-state index contributed by atoms with van der Waals surface area (Å²) >= 11 is 9.36. The van der Waals surface area contributed by atoms with Crippen molar-refractivity contribution in [2.24, 2.45) is 5.41 Å². The first-order valence-corrected chi connectivity index (χ1v) is 7.93. The van der Waals surface area contributed by atoms with Crippen molar-refractivity contribution >= 4 is 45.0 Å². The van der Waals surface area contributed by atoms with Gasteiger partial charge in [0.05, 0.1) is 5.02 Å². The standard InChI is InChI=1S/C15H18BrClN2O2/c1-15(2,3)13-14(21)19(7-6-12(20)18-13)9-4-5-11(17)10(16)8-9/h4-5,8,13H,6-7H2,1-3H3,(H,18,20). The molecule has 0 aromatic heterocycles. The molecular weight excluding hydrogens is 356 g/mol. The van der Waals surface area contributed by atoms with Gasteiger partial charge in [0, 0.05) is 23.1 Å². The minimum absolute atomic E-state index is 0.0948. The van der Waals surface area contributed by atoms with E-state index in [9.17, 15) is 9.59 Å². The van der Waals surface area contributed by atoms with Gasteiger partial charge in [-0.1, -0.05) is 32.4 Å². The van der Waals surface area contributed by atoms with E-state index in [0.717, 1.165) is 10.2 Å². The maximum atomic E-state index is 12.8. The SMILES string of the molecule is CC(C)(C)C1NC(=O)CCN(c2ccc(Cl)c(Br)c2)C1=O. The molecule has 0 saturated carbocycles. The fraction of sp³-hybridized carbons (Fsp3) is 0.467. The molecule has 0 bridgehead atoms. The van der Waals surface area contributed by atoms with Crippen molar-refractivity contribution < 1.29 is 9.59 Å². The molecule has 0 radical (unpaired) electrons. The van der Waals surface area contributed by atoms with Crippen molar-refractivity contribution in [2.45, 2.75) is 33.2 Å². The Hall–Kier alpha value is -1.07. The minimum atomic E-state index is -0.540. The number of carbonyl (C=O) groups excluding carboxylic acids is 2. The van der Waals surface area contributed by atoms with Crippen LogP contribution in [-0.4, -0.2) is 24.4 Å². The number of hydrogen-bond donors (Lipinski definition) is 1. The van der Waals surface area contributed by atoms with E-state index >= 15 is 0 Å². The molecule has 0 aliphatic carbocycles. The van der Waals surface area contributed by atoms with Crippen LogP contribution in [0.15, 0.2) is 22.7 Å². The summed E-state index contributed by atoms with van der Waals surface area (Å²) < 4.78 is 0.727. The second-order valence-electron chi connectivity index (χ2n) is 6.20. The first-order valence-electron chi connectivity index (χ1n) is 6.76. The third kappa shape index (κ3) is 3.58. The van der Waals surface area contributed by atoms with Crippen LogP contribution < -0.4 is 10.2 Å². The lowest BCUT2D eigenvalue weighted by Crippen LogP contribution is -2.52. The van der Waals surface area contributed by atoms with Crippen LogP contribution >= 0.6 is 27.5 Å². The van der Waals surface area contributed by atoms with E-state index in [-0.39, 0.29) is 17.2 Å².